The summed E-state index contributed by atoms with van der Waals surface area (Å²) < 4.78 is 11.3. The molecule has 144 valence electrons. The van der Waals surface area contributed by atoms with Crippen LogP contribution in [0.1, 0.15) is 44.3 Å². The summed E-state index contributed by atoms with van der Waals surface area (Å²) in [5.74, 6) is 0.315. The number of rotatable bonds is 4. The Balaban J connectivity index is 1.59. The Hall–Kier alpha value is -3.73. The topological polar surface area (TPSA) is 65.5 Å². The van der Waals surface area contributed by atoms with Crippen molar-refractivity contribution in [3.63, 3.8) is 0 Å². The van der Waals surface area contributed by atoms with Gasteiger partial charge in [-0.25, -0.2) is 4.79 Å². The van der Waals surface area contributed by atoms with Gasteiger partial charge in [-0.3, -0.25) is 9.78 Å². The zero-order valence-electron chi connectivity index (χ0n) is 16.1. The Morgan fingerprint density at radius 1 is 1.14 bits per heavy atom. The molecule has 5 heteroatoms. The van der Waals surface area contributed by atoms with Gasteiger partial charge in [0, 0.05) is 18.0 Å². The highest BCUT2D eigenvalue weighted by molar-refractivity contribution is 6.15. The van der Waals surface area contributed by atoms with Gasteiger partial charge in [0.15, 0.2) is 5.76 Å². The van der Waals surface area contributed by atoms with Crippen LogP contribution in [0.2, 0.25) is 0 Å². The number of hydrogen-bond donors (Lipinski definition) is 0. The number of pyridine rings is 1. The Morgan fingerprint density at radius 3 is 2.62 bits per heavy atom. The van der Waals surface area contributed by atoms with Crippen molar-refractivity contribution in [3.8, 4) is 11.5 Å². The van der Waals surface area contributed by atoms with E-state index >= 15 is 0 Å². The van der Waals surface area contributed by atoms with Crippen LogP contribution in [-0.2, 0) is 6.42 Å². The summed E-state index contributed by atoms with van der Waals surface area (Å²) in [7, 11) is 0. The number of ether oxygens (including phenoxy) is 2. The van der Waals surface area contributed by atoms with Crippen molar-refractivity contribution in [1.82, 2.24) is 4.98 Å². The maximum atomic E-state index is 12.7. The molecule has 0 unspecified atom stereocenters. The Morgan fingerprint density at radius 2 is 1.93 bits per heavy atom. The van der Waals surface area contributed by atoms with E-state index in [9.17, 15) is 9.59 Å². The van der Waals surface area contributed by atoms with Crippen LogP contribution >= 0.6 is 0 Å². The number of esters is 1. The van der Waals surface area contributed by atoms with Crippen LogP contribution in [0.3, 0.4) is 0 Å². The quantitative estimate of drug-likeness (QED) is 0.367. The number of fused-ring (bicyclic) bond motifs is 1. The lowest BCUT2D eigenvalue weighted by Crippen LogP contribution is -2.09. The molecule has 1 aromatic heterocycles. The van der Waals surface area contributed by atoms with Crippen LogP contribution in [0.25, 0.3) is 6.08 Å². The highest BCUT2D eigenvalue weighted by atomic mass is 16.5. The second kappa shape index (κ2) is 7.72. The average molecular weight is 385 g/mol. The van der Waals surface area contributed by atoms with E-state index in [2.05, 4.69) is 11.9 Å². The number of carbonyl (C=O) groups excluding carboxylic acids is 2. The van der Waals surface area contributed by atoms with Crippen molar-refractivity contribution in [2.75, 3.05) is 0 Å². The molecule has 4 rings (SSSR count). The monoisotopic (exact) mass is 385 g/mol. The maximum Gasteiger partial charge on any atom is 0.345 e. The van der Waals surface area contributed by atoms with E-state index < -0.39 is 5.97 Å². The molecule has 5 nitrogen and oxygen atoms in total. The molecule has 0 spiro atoms. The van der Waals surface area contributed by atoms with Gasteiger partial charge in [-0.2, -0.15) is 0 Å². The molecule has 1 aliphatic rings. The zero-order valence-corrected chi connectivity index (χ0v) is 16.1. The van der Waals surface area contributed by atoms with Crippen LogP contribution in [0.5, 0.6) is 11.5 Å². The van der Waals surface area contributed by atoms with Crippen LogP contribution < -0.4 is 9.47 Å². The third-order valence-corrected chi connectivity index (χ3v) is 4.82. The summed E-state index contributed by atoms with van der Waals surface area (Å²) >= 11 is 0. The number of aryl methyl sites for hydroxylation is 1. The lowest BCUT2D eigenvalue weighted by Gasteiger charge is -2.10. The lowest BCUT2D eigenvalue weighted by molar-refractivity contribution is 0.0732. The summed E-state index contributed by atoms with van der Waals surface area (Å²) in [6, 6.07) is 14.5. The van der Waals surface area contributed by atoms with Crippen molar-refractivity contribution in [2.45, 2.75) is 20.3 Å². The number of benzene rings is 2. The third kappa shape index (κ3) is 3.67. The molecule has 0 amide bonds. The smallest absolute Gasteiger partial charge is 0.345 e. The predicted molar refractivity (Wildman–Crippen MR) is 109 cm³/mol. The van der Waals surface area contributed by atoms with Gasteiger partial charge in [0.25, 0.3) is 0 Å². The molecule has 0 fully saturated rings. The number of Topliss-reactive ketones (excluding diaryl/α,β-unsaturated/α-hetero) is 1. The predicted octanol–water partition coefficient (Wildman–Crippen LogP) is 4.79. The molecule has 0 aliphatic carbocycles. The Labute approximate surface area is 168 Å². The number of nitrogens with zero attached hydrogens (tertiary/aromatic N) is 1. The fourth-order valence-corrected chi connectivity index (χ4v) is 3.12. The van der Waals surface area contributed by atoms with Gasteiger partial charge in [0.2, 0.25) is 5.78 Å². The SMILES string of the molecule is CCc1ccc(/C=C2\Oc3c(ccc(OC(=O)c4cccnc4)c3C)C2=O)cc1. The fourth-order valence-electron chi connectivity index (χ4n) is 3.12. The normalized spacial score (nSPS) is 13.9. The van der Waals surface area contributed by atoms with E-state index in [4.69, 9.17) is 9.47 Å². The molecule has 0 saturated carbocycles. The molecule has 0 atom stereocenters. The van der Waals surface area contributed by atoms with Crippen molar-refractivity contribution >= 4 is 17.8 Å². The van der Waals surface area contributed by atoms with Crippen molar-refractivity contribution in [2.24, 2.45) is 0 Å². The average Bonchev–Trinajstić information content (AvgIpc) is 3.07. The standard InChI is InChI=1S/C24H19NO4/c1-3-16-6-8-17(9-7-16)13-21-22(26)19-10-11-20(15(2)23(19)28-21)29-24(27)18-5-4-12-25-14-18/h4-14H,3H2,1-2H3/b21-13-. The second-order valence-corrected chi connectivity index (χ2v) is 6.73. The van der Waals surface area contributed by atoms with E-state index in [1.165, 1.54) is 11.8 Å². The summed E-state index contributed by atoms with van der Waals surface area (Å²) in [6.45, 7) is 3.85. The van der Waals surface area contributed by atoms with Gasteiger partial charge in [-0.15, -0.1) is 0 Å². The molecule has 2 aromatic carbocycles. The van der Waals surface area contributed by atoms with Gasteiger partial charge < -0.3 is 9.47 Å². The first kappa shape index (κ1) is 18.6. The van der Waals surface area contributed by atoms with Gasteiger partial charge in [0.1, 0.15) is 11.5 Å². The molecule has 1 aliphatic heterocycles. The minimum absolute atomic E-state index is 0.187. The second-order valence-electron chi connectivity index (χ2n) is 6.73. The first-order valence-electron chi connectivity index (χ1n) is 9.36. The van der Waals surface area contributed by atoms with E-state index in [1.807, 2.05) is 24.3 Å². The molecule has 3 aromatic rings. The summed E-state index contributed by atoms with van der Waals surface area (Å²) in [5, 5.41) is 0. The third-order valence-electron chi connectivity index (χ3n) is 4.82. The molecule has 0 bridgehead atoms. The first-order chi connectivity index (χ1) is 14.1. The molecule has 0 N–H and O–H groups in total. The minimum Gasteiger partial charge on any atom is -0.452 e. The van der Waals surface area contributed by atoms with Crippen molar-refractivity contribution in [3.05, 3.63) is 94.5 Å². The molecule has 0 saturated heterocycles. The fraction of sp³-hybridized carbons (Fsp3) is 0.125. The minimum atomic E-state index is -0.516. The van der Waals surface area contributed by atoms with Gasteiger partial charge in [0.05, 0.1) is 11.1 Å². The number of carbonyl (C=O) groups is 2. The van der Waals surface area contributed by atoms with E-state index in [-0.39, 0.29) is 11.5 Å². The number of hydrogen-bond acceptors (Lipinski definition) is 5. The number of allylic oxidation sites excluding steroid dienone is 1. The van der Waals surface area contributed by atoms with Crippen molar-refractivity contribution < 1.29 is 19.1 Å². The van der Waals surface area contributed by atoms with Crippen LogP contribution in [0.15, 0.2) is 66.7 Å². The molecule has 0 radical (unpaired) electrons. The number of ketones is 1. The van der Waals surface area contributed by atoms with Gasteiger partial charge in [-0.05, 0) is 54.8 Å². The number of aromatic nitrogens is 1. The summed E-state index contributed by atoms with van der Waals surface area (Å²) in [5.41, 5.74) is 3.52. The van der Waals surface area contributed by atoms with E-state index in [0.29, 0.717) is 28.2 Å². The Kier molecular flexibility index (Phi) is 4.96. The lowest BCUT2D eigenvalue weighted by atomic mass is 10.0. The van der Waals surface area contributed by atoms with E-state index in [0.717, 1.165) is 12.0 Å². The first-order valence-corrected chi connectivity index (χ1v) is 9.36. The summed E-state index contributed by atoms with van der Waals surface area (Å²) in [6.07, 6.45) is 5.70. The summed E-state index contributed by atoms with van der Waals surface area (Å²) in [4.78, 5) is 28.9. The highest BCUT2D eigenvalue weighted by Gasteiger charge is 2.30. The van der Waals surface area contributed by atoms with Gasteiger partial charge in [-0.1, -0.05) is 31.2 Å². The molecular weight excluding hydrogens is 366 g/mol. The van der Waals surface area contributed by atoms with E-state index in [1.54, 1.807) is 43.5 Å². The maximum absolute atomic E-state index is 12.7. The largest absolute Gasteiger partial charge is 0.452 e. The van der Waals surface area contributed by atoms with Crippen LogP contribution in [-0.4, -0.2) is 16.7 Å². The van der Waals surface area contributed by atoms with Gasteiger partial charge >= 0.3 is 5.97 Å². The van der Waals surface area contributed by atoms with Crippen LogP contribution in [0, 0.1) is 6.92 Å². The zero-order chi connectivity index (χ0) is 20.4. The van der Waals surface area contributed by atoms with Crippen LogP contribution in [0.4, 0.5) is 0 Å². The Bertz CT molecular complexity index is 1120. The molecule has 29 heavy (non-hydrogen) atoms. The molecule has 2 heterocycles. The highest BCUT2D eigenvalue weighted by Crippen LogP contribution is 2.39. The van der Waals surface area contributed by atoms with Crippen molar-refractivity contribution in [1.29, 1.82) is 0 Å². The molecular formula is C24H19NO4.